The molecule has 25 heavy (non-hydrogen) atoms. The van der Waals surface area contributed by atoms with E-state index in [9.17, 15) is 17.6 Å². The molecule has 0 aliphatic rings. The normalized spacial score (nSPS) is 11.1. The SMILES string of the molecule is COCCNC(=O)CN(c1ccc(F)cc1)S(=O)(=O)c1ccccc1. The van der Waals surface area contributed by atoms with Crippen LogP contribution in [0.25, 0.3) is 0 Å². The van der Waals surface area contributed by atoms with Crippen LogP contribution in [0.4, 0.5) is 10.1 Å². The van der Waals surface area contributed by atoms with Crippen molar-refractivity contribution in [3.8, 4) is 0 Å². The van der Waals surface area contributed by atoms with Gasteiger partial charge < -0.3 is 10.1 Å². The molecule has 0 unspecified atom stereocenters. The highest BCUT2D eigenvalue weighted by Gasteiger charge is 2.26. The first kappa shape index (κ1) is 18.9. The lowest BCUT2D eigenvalue weighted by molar-refractivity contribution is -0.119. The summed E-state index contributed by atoms with van der Waals surface area (Å²) in [5, 5.41) is 2.57. The van der Waals surface area contributed by atoms with Crippen LogP contribution in [0.1, 0.15) is 0 Å². The van der Waals surface area contributed by atoms with E-state index in [1.54, 1.807) is 18.2 Å². The van der Waals surface area contributed by atoms with Gasteiger partial charge in [-0.3, -0.25) is 9.10 Å². The van der Waals surface area contributed by atoms with Crippen LogP contribution in [0.15, 0.2) is 59.5 Å². The summed E-state index contributed by atoms with van der Waals surface area (Å²) in [5.41, 5.74) is 0.201. The predicted molar refractivity (Wildman–Crippen MR) is 92.3 cm³/mol. The summed E-state index contributed by atoms with van der Waals surface area (Å²) in [7, 11) is -2.48. The van der Waals surface area contributed by atoms with E-state index >= 15 is 0 Å². The number of sulfonamides is 1. The van der Waals surface area contributed by atoms with Gasteiger partial charge in [0, 0.05) is 13.7 Å². The third kappa shape index (κ3) is 5.01. The number of ether oxygens (including phenoxy) is 1. The fraction of sp³-hybridized carbons (Fsp3) is 0.235. The minimum Gasteiger partial charge on any atom is -0.383 e. The predicted octanol–water partition coefficient (Wildman–Crippen LogP) is 1.78. The maximum Gasteiger partial charge on any atom is 0.264 e. The first-order valence-corrected chi connectivity index (χ1v) is 8.98. The van der Waals surface area contributed by atoms with Gasteiger partial charge in [-0.1, -0.05) is 18.2 Å². The third-order valence-corrected chi connectivity index (χ3v) is 5.15. The zero-order valence-electron chi connectivity index (χ0n) is 13.7. The number of hydrogen-bond acceptors (Lipinski definition) is 4. The third-order valence-electron chi connectivity index (χ3n) is 3.36. The van der Waals surface area contributed by atoms with Crippen molar-refractivity contribution in [3.05, 3.63) is 60.4 Å². The number of hydrogen-bond donors (Lipinski definition) is 1. The summed E-state index contributed by atoms with van der Waals surface area (Å²) in [6.07, 6.45) is 0. The molecule has 1 N–H and O–H groups in total. The molecule has 2 aromatic carbocycles. The summed E-state index contributed by atoms with van der Waals surface area (Å²) in [5.74, 6) is -0.980. The molecule has 0 saturated carbocycles. The number of halogens is 1. The van der Waals surface area contributed by atoms with Crippen molar-refractivity contribution in [2.24, 2.45) is 0 Å². The first-order chi connectivity index (χ1) is 11.9. The molecule has 0 radical (unpaired) electrons. The molecular formula is C17H19FN2O4S. The van der Waals surface area contributed by atoms with Crippen LogP contribution in [-0.4, -0.2) is 41.1 Å². The Morgan fingerprint density at radius 3 is 2.36 bits per heavy atom. The molecular weight excluding hydrogens is 347 g/mol. The minimum atomic E-state index is -3.97. The molecule has 134 valence electrons. The first-order valence-electron chi connectivity index (χ1n) is 7.54. The molecule has 0 bridgehead atoms. The van der Waals surface area contributed by atoms with E-state index in [0.717, 1.165) is 16.4 Å². The average Bonchev–Trinajstić information content (AvgIpc) is 2.61. The molecule has 0 fully saturated rings. The van der Waals surface area contributed by atoms with Crippen molar-refractivity contribution in [1.29, 1.82) is 0 Å². The van der Waals surface area contributed by atoms with Crippen LogP contribution >= 0.6 is 0 Å². The maximum absolute atomic E-state index is 13.2. The second-order valence-electron chi connectivity index (χ2n) is 5.14. The van der Waals surface area contributed by atoms with Crippen molar-refractivity contribution in [3.63, 3.8) is 0 Å². The number of nitrogens with zero attached hydrogens (tertiary/aromatic N) is 1. The molecule has 1 amide bonds. The summed E-state index contributed by atoms with van der Waals surface area (Å²) in [6, 6.07) is 12.7. The fourth-order valence-corrected chi connectivity index (χ4v) is 3.56. The lowest BCUT2D eigenvalue weighted by Gasteiger charge is -2.24. The lowest BCUT2D eigenvalue weighted by Crippen LogP contribution is -2.41. The van der Waals surface area contributed by atoms with Crippen molar-refractivity contribution in [1.82, 2.24) is 5.32 Å². The summed E-state index contributed by atoms with van der Waals surface area (Å²) >= 11 is 0. The number of anilines is 1. The number of methoxy groups -OCH3 is 1. The average molecular weight is 366 g/mol. The molecule has 0 aromatic heterocycles. The number of carbonyl (C=O) groups excluding carboxylic acids is 1. The van der Waals surface area contributed by atoms with Crippen LogP contribution in [0.5, 0.6) is 0 Å². The Morgan fingerprint density at radius 2 is 1.76 bits per heavy atom. The van der Waals surface area contributed by atoms with Gasteiger partial charge in [0.15, 0.2) is 0 Å². The summed E-state index contributed by atoms with van der Waals surface area (Å²) in [4.78, 5) is 12.1. The van der Waals surface area contributed by atoms with E-state index < -0.39 is 28.3 Å². The van der Waals surface area contributed by atoms with Gasteiger partial charge in [0.05, 0.1) is 17.2 Å². The Kier molecular flexibility index (Phi) is 6.49. The highest BCUT2D eigenvalue weighted by Crippen LogP contribution is 2.23. The molecule has 8 heteroatoms. The molecule has 0 heterocycles. The molecule has 2 aromatic rings. The highest BCUT2D eigenvalue weighted by molar-refractivity contribution is 7.92. The molecule has 0 spiro atoms. The van der Waals surface area contributed by atoms with E-state index in [1.165, 1.54) is 31.4 Å². The van der Waals surface area contributed by atoms with Gasteiger partial charge in [-0.2, -0.15) is 0 Å². The topological polar surface area (TPSA) is 75.7 Å². The smallest absolute Gasteiger partial charge is 0.264 e. The van der Waals surface area contributed by atoms with Crippen molar-refractivity contribution < 1.29 is 22.3 Å². The van der Waals surface area contributed by atoms with Crippen LogP contribution in [-0.2, 0) is 19.6 Å². The maximum atomic E-state index is 13.2. The Labute approximate surface area is 146 Å². The molecule has 0 aliphatic heterocycles. The van der Waals surface area contributed by atoms with Crippen LogP contribution in [0, 0.1) is 5.82 Å². The Balaban J connectivity index is 2.32. The van der Waals surface area contributed by atoms with Gasteiger partial charge in [0.25, 0.3) is 10.0 Å². The largest absolute Gasteiger partial charge is 0.383 e. The Morgan fingerprint density at radius 1 is 1.12 bits per heavy atom. The molecule has 0 atom stereocenters. The number of amides is 1. The van der Waals surface area contributed by atoms with Crippen LogP contribution < -0.4 is 9.62 Å². The minimum absolute atomic E-state index is 0.0454. The number of nitrogens with one attached hydrogen (secondary N) is 1. The molecule has 6 nitrogen and oxygen atoms in total. The zero-order valence-corrected chi connectivity index (χ0v) is 14.5. The van der Waals surface area contributed by atoms with Crippen LogP contribution in [0.2, 0.25) is 0 Å². The van der Waals surface area contributed by atoms with Gasteiger partial charge in [-0.15, -0.1) is 0 Å². The van der Waals surface area contributed by atoms with Crippen molar-refractivity contribution >= 4 is 21.6 Å². The number of rotatable bonds is 8. The second-order valence-corrected chi connectivity index (χ2v) is 7.01. The molecule has 0 aliphatic carbocycles. The summed E-state index contributed by atoms with van der Waals surface area (Å²) in [6.45, 7) is 0.151. The van der Waals surface area contributed by atoms with E-state index in [-0.39, 0.29) is 17.1 Å². The Hall–Kier alpha value is -2.45. The van der Waals surface area contributed by atoms with Gasteiger partial charge in [0.2, 0.25) is 5.91 Å². The van der Waals surface area contributed by atoms with Crippen molar-refractivity contribution in [2.75, 3.05) is 31.1 Å². The standard InChI is InChI=1S/C17H19FN2O4S/c1-24-12-11-19-17(21)13-20(15-9-7-14(18)8-10-15)25(22,23)16-5-3-2-4-6-16/h2-10H,11-13H2,1H3,(H,19,21). The van der Waals surface area contributed by atoms with E-state index in [1.807, 2.05) is 0 Å². The van der Waals surface area contributed by atoms with E-state index in [2.05, 4.69) is 5.32 Å². The van der Waals surface area contributed by atoms with Gasteiger partial charge >= 0.3 is 0 Å². The lowest BCUT2D eigenvalue weighted by atomic mass is 10.3. The fourth-order valence-electron chi connectivity index (χ4n) is 2.12. The monoisotopic (exact) mass is 366 g/mol. The second kappa shape index (κ2) is 8.59. The number of carbonyl (C=O) groups is 1. The van der Waals surface area contributed by atoms with Gasteiger partial charge in [-0.25, -0.2) is 12.8 Å². The number of benzene rings is 2. The molecule has 2 rings (SSSR count). The summed E-state index contributed by atoms with van der Waals surface area (Å²) < 4.78 is 44.8. The Bertz CT molecular complexity index is 795. The quantitative estimate of drug-likeness (QED) is 0.723. The highest BCUT2D eigenvalue weighted by atomic mass is 32.2. The van der Waals surface area contributed by atoms with Gasteiger partial charge in [-0.05, 0) is 36.4 Å². The van der Waals surface area contributed by atoms with E-state index in [4.69, 9.17) is 4.74 Å². The zero-order chi connectivity index (χ0) is 18.3. The molecule has 0 saturated heterocycles. The van der Waals surface area contributed by atoms with Crippen LogP contribution in [0.3, 0.4) is 0 Å². The van der Waals surface area contributed by atoms with Crippen molar-refractivity contribution in [2.45, 2.75) is 4.90 Å². The van der Waals surface area contributed by atoms with Gasteiger partial charge in [0.1, 0.15) is 12.4 Å². The van der Waals surface area contributed by atoms with E-state index in [0.29, 0.717) is 6.61 Å².